The van der Waals surface area contributed by atoms with Crippen molar-refractivity contribution in [2.75, 3.05) is 43.0 Å². The van der Waals surface area contributed by atoms with Crippen LogP contribution in [0.2, 0.25) is 0 Å². The zero-order valence-corrected chi connectivity index (χ0v) is 16.6. The molecule has 0 spiro atoms. The van der Waals surface area contributed by atoms with Crippen LogP contribution in [0.1, 0.15) is 24.8 Å². The molecule has 0 radical (unpaired) electrons. The van der Waals surface area contributed by atoms with Gasteiger partial charge in [-0.05, 0) is 56.1 Å². The molecule has 1 fully saturated rings. The Hall–Kier alpha value is -2.53. The van der Waals surface area contributed by atoms with Gasteiger partial charge in [0, 0.05) is 32.4 Å². The summed E-state index contributed by atoms with van der Waals surface area (Å²) in [5.41, 5.74) is 5.12. The molecule has 148 valence electrons. The second kappa shape index (κ2) is 8.23. The van der Waals surface area contributed by atoms with Gasteiger partial charge >= 0.3 is 5.97 Å². The van der Waals surface area contributed by atoms with Crippen molar-refractivity contribution in [2.45, 2.75) is 25.8 Å². The Morgan fingerprint density at radius 1 is 1.04 bits per heavy atom. The van der Waals surface area contributed by atoms with Crippen molar-refractivity contribution in [2.24, 2.45) is 5.92 Å². The second-order valence-electron chi connectivity index (χ2n) is 7.96. The predicted molar refractivity (Wildman–Crippen MR) is 113 cm³/mol. The average Bonchev–Trinajstić information content (AvgIpc) is 2.83. The van der Waals surface area contributed by atoms with Crippen LogP contribution >= 0.6 is 0 Å². The normalized spacial score (nSPS) is 19.7. The van der Waals surface area contributed by atoms with E-state index in [4.69, 9.17) is 0 Å². The lowest BCUT2D eigenvalue weighted by atomic mass is 9.98. The number of hydrogen-bond acceptors (Lipinski definition) is 4. The number of likely N-dealkylation sites (tertiary alicyclic amines) is 1. The van der Waals surface area contributed by atoms with Crippen molar-refractivity contribution in [1.82, 2.24) is 4.90 Å². The lowest BCUT2D eigenvalue weighted by Crippen LogP contribution is -2.39. The molecule has 28 heavy (non-hydrogen) atoms. The molecule has 1 unspecified atom stereocenters. The smallest absolute Gasteiger partial charge is 0.307 e. The maximum Gasteiger partial charge on any atom is 0.307 e. The van der Waals surface area contributed by atoms with E-state index in [1.165, 1.54) is 22.6 Å². The van der Waals surface area contributed by atoms with Gasteiger partial charge in [-0.25, -0.2) is 0 Å². The van der Waals surface area contributed by atoms with Crippen molar-refractivity contribution < 1.29 is 9.90 Å². The number of hydrogen-bond donors (Lipinski definition) is 1. The Bertz CT molecular complexity index is 838. The summed E-state index contributed by atoms with van der Waals surface area (Å²) >= 11 is 0. The van der Waals surface area contributed by atoms with Gasteiger partial charge in [0.15, 0.2) is 0 Å². The van der Waals surface area contributed by atoms with Crippen molar-refractivity contribution in [1.29, 1.82) is 0 Å². The molecule has 0 aliphatic carbocycles. The molecule has 0 saturated carbocycles. The number of carboxylic acids is 1. The highest BCUT2D eigenvalue weighted by atomic mass is 16.4. The van der Waals surface area contributed by atoms with E-state index in [1.807, 2.05) is 0 Å². The van der Waals surface area contributed by atoms with Crippen molar-refractivity contribution >= 4 is 23.0 Å². The molecule has 2 heterocycles. The summed E-state index contributed by atoms with van der Waals surface area (Å²) in [4.78, 5) is 18.4. The molecular weight excluding hydrogens is 350 g/mol. The highest BCUT2D eigenvalue weighted by Gasteiger charge is 2.26. The van der Waals surface area contributed by atoms with Crippen LogP contribution in [0.4, 0.5) is 17.1 Å². The number of aliphatic carboxylic acids is 1. The van der Waals surface area contributed by atoms with E-state index in [-0.39, 0.29) is 5.92 Å². The van der Waals surface area contributed by atoms with Gasteiger partial charge in [0.25, 0.3) is 0 Å². The quantitative estimate of drug-likeness (QED) is 0.852. The number of carboxylic acid groups (broad SMARTS) is 1. The van der Waals surface area contributed by atoms with Gasteiger partial charge in [0.2, 0.25) is 0 Å². The van der Waals surface area contributed by atoms with E-state index in [0.29, 0.717) is 6.54 Å². The van der Waals surface area contributed by atoms with Crippen molar-refractivity contribution in [3.63, 3.8) is 0 Å². The van der Waals surface area contributed by atoms with Gasteiger partial charge in [-0.2, -0.15) is 0 Å². The van der Waals surface area contributed by atoms with Crippen LogP contribution in [0, 0.1) is 5.92 Å². The highest BCUT2D eigenvalue weighted by Crippen LogP contribution is 2.39. The minimum atomic E-state index is -0.650. The topological polar surface area (TPSA) is 47.0 Å². The number of rotatable bonds is 5. The third-order valence-electron chi connectivity index (χ3n) is 5.98. The third-order valence-corrected chi connectivity index (χ3v) is 5.98. The van der Waals surface area contributed by atoms with Gasteiger partial charge in [0.1, 0.15) is 0 Å². The van der Waals surface area contributed by atoms with E-state index in [2.05, 4.69) is 70.3 Å². The first-order valence-corrected chi connectivity index (χ1v) is 10.2. The number of carbonyl (C=O) groups is 1. The maximum atomic E-state index is 11.3. The van der Waals surface area contributed by atoms with Gasteiger partial charge < -0.3 is 19.8 Å². The maximum absolute atomic E-state index is 11.3. The summed E-state index contributed by atoms with van der Waals surface area (Å²) < 4.78 is 0. The van der Waals surface area contributed by atoms with E-state index < -0.39 is 5.97 Å². The van der Waals surface area contributed by atoms with E-state index in [0.717, 1.165) is 45.4 Å². The van der Waals surface area contributed by atoms with Crippen molar-refractivity contribution in [3.8, 4) is 0 Å². The molecule has 1 saturated heterocycles. The number of anilines is 3. The molecule has 0 amide bonds. The Kier molecular flexibility index (Phi) is 5.53. The lowest BCUT2D eigenvalue weighted by molar-refractivity contribution is -0.143. The van der Waals surface area contributed by atoms with Gasteiger partial charge in [-0.1, -0.05) is 30.3 Å². The number of para-hydroxylation sites is 3. The Labute approximate surface area is 167 Å². The summed E-state index contributed by atoms with van der Waals surface area (Å²) in [6.45, 7) is 4.47. The van der Waals surface area contributed by atoms with Gasteiger partial charge in [0.05, 0.1) is 17.3 Å². The predicted octanol–water partition coefficient (Wildman–Crippen LogP) is 3.96. The lowest BCUT2D eigenvalue weighted by Gasteiger charge is -2.32. The minimum absolute atomic E-state index is 0.206. The first-order chi connectivity index (χ1) is 13.6. The Balaban J connectivity index is 1.51. The summed E-state index contributed by atoms with van der Waals surface area (Å²) in [6.07, 6.45) is 2.81. The number of fused-ring (bicyclic) bond motifs is 2. The van der Waals surface area contributed by atoms with Gasteiger partial charge in [-0.15, -0.1) is 0 Å². The average molecular weight is 380 g/mol. The summed E-state index contributed by atoms with van der Waals surface area (Å²) in [5.74, 6) is -0.856. The molecule has 1 atom stereocenters. The van der Waals surface area contributed by atoms with Crippen LogP contribution in [0.3, 0.4) is 0 Å². The molecule has 1 N–H and O–H groups in total. The summed E-state index contributed by atoms with van der Waals surface area (Å²) in [5, 5.41) is 9.32. The molecule has 4 rings (SSSR count). The van der Waals surface area contributed by atoms with Crippen LogP contribution in [-0.2, 0) is 11.3 Å². The minimum Gasteiger partial charge on any atom is -0.481 e. The fourth-order valence-electron chi connectivity index (χ4n) is 4.55. The molecule has 5 nitrogen and oxygen atoms in total. The van der Waals surface area contributed by atoms with E-state index in [9.17, 15) is 9.90 Å². The zero-order valence-electron chi connectivity index (χ0n) is 16.6. The molecular formula is C23H29N3O2. The monoisotopic (exact) mass is 379 g/mol. The van der Waals surface area contributed by atoms with Crippen molar-refractivity contribution in [3.05, 3.63) is 54.1 Å². The third kappa shape index (κ3) is 3.85. The first kappa shape index (κ1) is 18.8. The van der Waals surface area contributed by atoms with Crippen LogP contribution in [0.5, 0.6) is 0 Å². The van der Waals surface area contributed by atoms with Crippen LogP contribution < -0.4 is 9.80 Å². The highest BCUT2D eigenvalue weighted by molar-refractivity contribution is 5.80. The molecule has 2 aliphatic heterocycles. The molecule has 5 heteroatoms. The first-order valence-electron chi connectivity index (χ1n) is 10.2. The number of piperidine rings is 1. The molecule has 2 aliphatic rings. The molecule has 0 aromatic heterocycles. The molecule has 2 aromatic carbocycles. The standard InChI is InChI=1S/C23H29N3O2/c1-24-16-18-8-2-3-10-20(18)26(22-12-5-4-11-21(22)24)15-7-14-25-13-6-9-19(17-25)23(27)28/h2-5,8,10-12,19H,6-7,9,13-17H2,1H3,(H,27,28). The Morgan fingerprint density at radius 2 is 1.75 bits per heavy atom. The van der Waals surface area contributed by atoms with Crippen LogP contribution in [0.25, 0.3) is 0 Å². The number of benzene rings is 2. The second-order valence-corrected chi connectivity index (χ2v) is 7.96. The number of nitrogens with zero attached hydrogens (tertiary/aromatic N) is 3. The summed E-state index contributed by atoms with van der Waals surface area (Å²) in [6, 6.07) is 17.3. The van der Waals surface area contributed by atoms with E-state index >= 15 is 0 Å². The van der Waals surface area contributed by atoms with Crippen LogP contribution in [0.15, 0.2) is 48.5 Å². The van der Waals surface area contributed by atoms with E-state index in [1.54, 1.807) is 0 Å². The fraction of sp³-hybridized carbons (Fsp3) is 0.435. The fourth-order valence-corrected chi connectivity index (χ4v) is 4.55. The van der Waals surface area contributed by atoms with Gasteiger partial charge in [-0.3, -0.25) is 4.79 Å². The molecule has 2 aromatic rings. The summed E-state index contributed by atoms with van der Waals surface area (Å²) in [7, 11) is 2.15. The Morgan fingerprint density at radius 3 is 2.54 bits per heavy atom. The zero-order chi connectivity index (χ0) is 19.5. The SMILES string of the molecule is CN1Cc2ccccc2N(CCCN2CCCC(C(=O)O)C2)c2ccccc21. The van der Waals surface area contributed by atoms with Crippen LogP contribution in [-0.4, -0.2) is 49.2 Å². The molecule has 0 bridgehead atoms. The largest absolute Gasteiger partial charge is 0.481 e.